The van der Waals surface area contributed by atoms with E-state index in [1.807, 2.05) is 0 Å². The first-order valence-electron chi connectivity index (χ1n) is 4.86. The van der Waals surface area contributed by atoms with E-state index in [0.717, 1.165) is 5.75 Å². The Bertz CT molecular complexity index is 562. The van der Waals surface area contributed by atoms with Gasteiger partial charge in [0, 0.05) is 12.3 Å². The second-order valence-electron chi connectivity index (χ2n) is 3.29. The second-order valence-corrected chi connectivity index (χ2v) is 4.15. The van der Waals surface area contributed by atoms with Crippen molar-refractivity contribution >= 4 is 15.9 Å². The molecule has 1 aromatic carbocycles. The van der Waals surface area contributed by atoms with E-state index < -0.39 is 0 Å². The van der Waals surface area contributed by atoms with E-state index in [1.165, 1.54) is 6.33 Å². The highest BCUT2D eigenvalue weighted by molar-refractivity contribution is 9.10. The van der Waals surface area contributed by atoms with E-state index in [-0.39, 0.29) is 6.79 Å². The molecule has 2 aromatic rings. The summed E-state index contributed by atoms with van der Waals surface area (Å²) in [7, 11) is 0. The fourth-order valence-electron chi connectivity index (χ4n) is 1.43. The molecule has 0 bridgehead atoms. The molecule has 1 aliphatic rings. The minimum absolute atomic E-state index is 0.246. The van der Waals surface area contributed by atoms with E-state index in [4.69, 9.17) is 14.2 Å². The standard InChI is InChI=1S/C11H7BrN2O3/c12-8-4-13-5-14-11(8)17-7-1-2-9-10(3-7)16-6-15-9/h1-5H,6H2. The molecule has 1 aromatic heterocycles. The number of aromatic nitrogens is 2. The number of halogens is 1. The summed E-state index contributed by atoms with van der Waals surface area (Å²) in [6.07, 6.45) is 3.04. The van der Waals surface area contributed by atoms with E-state index in [1.54, 1.807) is 24.4 Å². The Morgan fingerprint density at radius 3 is 3.00 bits per heavy atom. The van der Waals surface area contributed by atoms with Crippen molar-refractivity contribution in [2.45, 2.75) is 0 Å². The summed E-state index contributed by atoms with van der Waals surface area (Å²) in [5.41, 5.74) is 0. The number of ether oxygens (including phenoxy) is 3. The van der Waals surface area contributed by atoms with Gasteiger partial charge in [-0.1, -0.05) is 0 Å². The van der Waals surface area contributed by atoms with Gasteiger partial charge in [0.2, 0.25) is 12.7 Å². The third-order valence-corrected chi connectivity index (χ3v) is 2.74. The van der Waals surface area contributed by atoms with Crippen LogP contribution in [0.15, 0.2) is 35.2 Å². The van der Waals surface area contributed by atoms with Crippen LogP contribution in [0.3, 0.4) is 0 Å². The van der Waals surface area contributed by atoms with Gasteiger partial charge in [0.15, 0.2) is 11.5 Å². The summed E-state index contributed by atoms with van der Waals surface area (Å²) in [6.45, 7) is 0.246. The van der Waals surface area contributed by atoms with Gasteiger partial charge in [-0.05, 0) is 28.1 Å². The summed E-state index contributed by atoms with van der Waals surface area (Å²) < 4.78 is 16.8. The minimum Gasteiger partial charge on any atom is -0.454 e. The number of fused-ring (bicyclic) bond motifs is 1. The van der Waals surface area contributed by atoms with E-state index in [0.29, 0.717) is 21.9 Å². The summed E-state index contributed by atoms with van der Waals surface area (Å²) in [5.74, 6) is 2.49. The molecule has 17 heavy (non-hydrogen) atoms. The highest BCUT2D eigenvalue weighted by atomic mass is 79.9. The van der Waals surface area contributed by atoms with Gasteiger partial charge in [0.1, 0.15) is 12.1 Å². The Morgan fingerprint density at radius 1 is 1.24 bits per heavy atom. The van der Waals surface area contributed by atoms with Gasteiger partial charge >= 0.3 is 0 Å². The third-order valence-electron chi connectivity index (χ3n) is 2.19. The lowest BCUT2D eigenvalue weighted by atomic mass is 10.3. The van der Waals surface area contributed by atoms with Gasteiger partial charge < -0.3 is 14.2 Å². The summed E-state index contributed by atoms with van der Waals surface area (Å²) in [4.78, 5) is 7.88. The monoisotopic (exact) mass is 294 g/mol. The van der Waals surface area contributed by atoms with Crippen molar-refractivity contribution in [3.8, 4) is 23.1 Å². The van der Waals surface area contributed by atoms with Crippen molar-refractivity contribution in [3.05, 3.63) is 35.2 Å². The van der Waals surface area contributed by atoms with Crippen LogP contribution in [-0.2, 0) is 0 Å². The molecule has 0 aliphatic carbocycles. The lowest BCUT2D eigenvalue weighted by Gasteiger charge is -2.06. The number of rotatable bonds is 2. The Labute approximate surface area is 105 Å². The molecule has 0 fully saturated rings. The van der Waals surface area contributed by atoms with Crippen LogP contribution in [0.1, 0.15) is 0 Å². The Kier molecular flexibility index (Phi) is 2.56. The summed E-state index contributed by atoms with van der Waals surface area (Å²) >= 11 is 3.31. The molecule has 5 nitrogen and oxygen atoms in total. The molecule has 0 saturated carbocycles. The number of hydrogen-bond donors (Lipinski definition) is 0. The fourth-order valence-corrected chi connectivity index (χ4v) is 1.73. The number of benzene rings is 1. The predicted octanol–water partition coefficient (Wildman–Crippen LogP) is 2.76. The number of hydrogen-bond acceptors (Lipinski definition) is 5. The lowest BCUT2D eigenvalue weighted by Crippen LogP contribution is -1.93. The molecule has 3 rings (SSSR count). The minimum atomic E-state index is 0.246. The largest absolute Gasteiger partial charge is 0.454 e. The Balaban J connectivity index is 1.89. The molecule has 0 atom stereocenters. The zero-order valence-corrected chi connectivity index (χ0v) is 10.2. The molecule has 0 unspecified atom stereocenters. The van der Waals surface area contributed by atoms with Gasteiger partial charge in [-0.3, -0.25) is 0 Å². The molecule has 0 spiro atoms. The average Bonchev–Trinajstić information content (AvgIpc) is 2.79. The maximum Gasteiger partial charge on any atom is 0.236 e. The molecular weight excluding hydrogens is 288 g/mol. The Morgan fingerprint density at radius 2 is 2.12 bits per heavy atom. The van der Waals surface area contributed by atoms with Crippen LogP contribution in [-0.4, -0.2) is 16.8 Å². The van der Waals surface area contributed by atoms with Crippen molar-refractivity contribution in [1.29, 1.82) is 0 Å². The first-order valence-corrected chi connectivity index (χ1v) is 5.65. The molecule has 6 heteroatoms. The zero-order valence-electron chi connectivity index (χ0n) is 8.59. The van der Waals surface area contributed by atoms with Crippen LogP contribution in [0.5, 0.6) is 23.1 Å². The van der Waals surface area contributed by atoms with Gasteiger partial charge in [0.05, 0.1) is 4.47 Å². The molecule has 0 saturated heterocycles. The smallest absolute Gasteiger partial charge is 0.236 e. The van der Waals surface area contributed by atoms with E-state index >= 15 is 0 Å². The van der Waals surface area contributed by atoms with Crippen LogP contribution < -0.4 is 14.2 Å². The highest BCUT2D eigenvalue weighted by Gasteiger charge is 2.14. The average molecular weight is 295 g/mol. The normalized spacial score (nSPS) is 12.5. The van der Waals surface area contributed by atoms with Gasteiger partial charge in [0.25, 0.3) is 0 Å². The SMILES string of the molecule is Brc1cncnc1Oc1ccc2c(c1)OCO2. The van der Waals surface area contributed by atoms with Gasteiger partial charge in [-0.2, -0.15) is 0 Å². The first-order chi connectivity index (χ1) is 8.33. The quantitative estimate of drug-likeness (QED) is 0.852. The lowest BCUT2D eigenvalue weighted by molar-refractivity contribution is 0.174. The molecule has 86 valence electrons. The third kappa shape index (κ3) is 2.03. The van der Waals surface area contributed by atoms with Crippen LogP contribution >= 0.6 is 15.9 Å². The van der Waals surface area contributed by atoms with Gasteiger partial charge in [-0.25, -0.2) is 9.97 Å². The zero-order chi connectivity index (χ0) is 11.7. The van der Waals surface area contributed by atoms with Crippen LogP contribution in [0.25, 0.3) is 0 Å². The summed E-state index contributed by atoms with van der Waals surface area (Å²) in [6, 6.07) is 5.35. The molecule has 0 amide bonds. The van der Waals surface area contributed by atoms with Crippen LogP contribution in [0.4, 0.5) is 0 Å². The maximum absolute atomic E-state index is 5.60. The molecule has 0 radical (unpaired) electrons. The van der Waals surface area contributed by atoms with Crippen molar-refractivity contribution < 1.29 is 14.2 Å². The fraction of sp³-hybridized carbons (Fsp3) is 0.0909. The molecular formula is C11H7BrN2O3. The van der Waals surface area contributed by atoms with Gasteiger partial charge in [-0.15, -0.1) is 0 Å². The first kappa shape index (κ1) is 10.3. The van der Waals surface area contributed by atoms with E-state index in [2.05, 4.69) is 25.9 Å². The van der Waals surface area contributed by atoms with Crippen molar-refractivity contribution in [1.82, 2.24) is 9.97 Å². The van der Waals surface area contributed by atoms with Crippen molar-refractivity contribution in [2.75, 3.05) is 6.79 Å². The number of nitrogens with zero attached hydrogens (tertiary/aromatic N) is 2. The molecule has 1 aliphatic heterocycles. The maximum atomic E-state index is 5.60. The van der Waals surface area contributed by atoms with Crippen molar-refractivity contribution in [2.24, 2.45) is 0 Å². The predicted molar refractivity (Wildman–Crippen MR) is 62.4 cm³/mol. The van der Waals surface area contributed by atoms with Crippen molar-refractivity contribution in [3.63, 3.8) is 0 Å². The second kappa shape index (κ2) is 4.21. The van der Waals surface area contributed by atoms with Crippen LogP contribution in [0, 0.1) is 0 Å². The Hall–Kier alpha value is -1.82. The van der Waals surface area contributed by atoms with E-state index in [9.17, 15) is 0 Å². The summed E-state index contributed by atoms with van der Waals surface area (Å²) in [5, 5.41) is 0. The van der Waals surface area contributed by atoms with Crippen LogP contribution in [0.2, 0.25) is 0 Å². The molecule has 2 heterocycles. The highest BCUT2D eigenvalue weighted by Crippen LogP contribution is 2.37. The molecule has 0 N–H and O–H groups in total. The topological polar surface area (TPSA) is 53.5 Å².